The van der Waals surface area contributed by atoms with Crippen LogP contribution in [0.3, 0.4) is 0 Å². The van der Waals surface area contributed by atoms with Crippen LogP contribution in [-0.2, 0) is 11.3 Å². The predicted molar refractivity (Wildman–Crippen MR) is 72.3 cm³/mol. The van der Waals surface area contributed by atoms with Gasteiger partial charge in [0.05, 0.1) is 25.0 Å². The van der Waals surface area contributed by atoms with E-state index in [2.05, 4.69) is 25.7 Å². The van der Waals surface area contributed by atoms with Gasteiger partial charge in [0, 0.05) is 12.5 Å². The fraction of sp³-hybridized carbons (Fsp3) is 0.600. The Balaban J connectivity index is 1.82. The first-order valence-corrected chi connectivity index (χ1v) is 6.70. The monoisotopic (exact) mass is 249 g/mol. The van der Waals surface area contributed by atoms with Crippen LogP contribution in [0.4, 0.5) is 0 Å². The molecule has 3 nitrogen and oxygen atoms in total. The second-order valence-corrected chi connectivity index (χ2v) is 5.23. The Labute approximate surface area is 109 Å². The zero-order valence-corrected chi connectivity index (χ0v) is 11.3. The molecule has 0 spiro atoms. The lowest BCUT2D eigenvalue weighted by molar-refractivity contribution is -0.0633. The fourth-order valence-corrected chi connectivity index (χ4v) is 2.57. The Bertz CT molecular complexity index is 372. The van der Waals surface area contributed by atoms with Gasteiger partial charge in [-0.2, -0.15) is 0 Å². The van der Waals surface area contributed by atoms with Crippen molar-refractivity contribution in [2.75, 3.05) is 6.54 Å². The van der Waals surface area contributed by atoms with E-state index in [0.717, 1.165) is 25.3 Å². The van der Waals surface area contributed by atoms with E-state index in [1.807, 2.05) is 12.1 Å². The molecular weight excluding hydrogens is 226 g/mol. The number of rotatable bonds is 5. The molecule has 0 aromatic carbocycles. The van der Waals surface area contributed by atoms with Crippen LogP contribution in [0, 0.1) is 5.92 Å². The molecule has 0 saturated carbocycles. The molecule has 0 bridgehead atoms. The van der Waals surface area contributed by atoms with Gasteiger partial charge in [0.15, 0.2) is 0 Å². The molecule has 1 aromatic rings. The van der Waals surface area contributed by atoms with E-state index in [1.54, 1.807) is 6.26 Å². The van der Waals surface area contributed by atoms with Crippen LogP contribution in [0.5, 0.6) is 0 Å². The van der Waals surface area contributed by atoms with Gasteiger partial charge in [0.25, 0.3) is 0 Å². The Morgan fingerprint density at radius 3 is 3.00 bits per heavy atom. The van der Waals surface area contributed by atoms with Crippen LogP contribution in [0.1, 0.15) is 32.4 Å². The van der Waals surface area contributed by atoms with Crippen LogP contribution in [0.25, 0.3) is 0 Å². The summed E-state index contributed by atoms with van der Waals surface area (Å²) in [7, 11) is 0. The summed E-state index contributed by atoms with van der Waals surface area (Å²) in [5, 5.41) is 3.40. The van der Waals surface area contributed by atoms with Crippen LogP contribution in [0.15, 0.2) is 35.0 Å². The fourth-order valence-electron chi connectivity index (χ4n) is 2.57. The van der Waals surface area contributed by atoms with Crippen molar-refractivity contribution in [2.24, 2.45) is 5.92 Å². The smallest absolute Gasteiger partial charge is 0.117 e. The molecule has 3 heteroatoms. The summed E-state index contributed by atoms with van der Waals surface area (Å²) in [5.41, 5.74) is 1.23. The maximum atomic E-state index is 6.03. The van der Waals surface area contributed by atoms with Gasteiger partial charge in [-0.05, 0) is 38.8 Å². The third-order valence-electron chi connectivity index (χ3n) is 3.60. The maximum Gasteiger partial charge on any atom is 0.117 e. The summed E-state index contributed by atoms with van der Waals surface area (Å²) in [6, 6.07) is 3.89. The topological polar surface area (TPSA) is 34.4 Å². The van der Waals surface area contributed by atoms with Gasteiger partial charge in [0.1, 0.15) is 5.76 Å². The molecule has 100 valence electrons. The summed E-state index contributed by atoms with van der Waals surface area (Å²) < 4.78 is 11.3. The SMILES string of the molecule is C=C(C)[C@@H]1CC[C@@H](C)O[C@H]1CNCc1ccco1. The molecular formula is C15H23NO2. The second-order valence-electron chi connectivity index (χ2n) is 5.23. The average Bonchev–Trinajstić information content (AvgIpc) is 2.82. The van der Waals surface area contributed by atoms with Crippen molar-refractivity contribution in [3.8, 4) is 0 Å². The van der Waals surface area contributed by atoms with Crippen molar-refractivity contribution >= 4 is 0 Å². The Morgan fingerprint density at radius 1 is 1.50 bits per heavy atom. The van der Waals surface area contributed by atoms with Crippen LogP contribution in [-0.4, -0.2) is 18.8 Å². The van der Waals surface area contributed by atoms with Gasteiger partial charge in [-0.1, -0.05) is 12.2 Å². The van der Waals surface area contributed by atoms with E-state index in [9.17, 15) is 0 Å². The Morgan fingerprint density at radius 2 is 2.33 bits per heavy atom. The van der Waals surface area contributed by atoms with Crippen molar-refractivity contribution in [1.29, 1.82) is 0 Å². The molecule has 1 aliphatic heterocycles. The van der Waals surface area contributed by atoms with Crippen LogP contribution < -0.4 is 5.32 Å². The van der Waals surface area contributed by atoms with Crippen molar-refractivity contribution in [3.05, 3.63) is 36.3 Å². The van der Waals surface area contributed by atoms with Crippen LogP contribution in [0.2, 0.25) is 0 Å². The number of nitrogens with one attached hydrogen (secondary N) is 1. The maximum absolute atomic E-state index is 6.03. The van der Waals surface area contributed by atoms with Gasteiger partial charge in [0.2, 0.25) is 0 Å². The summed E-state index contributed by atoms with van der Waals surface area (Å²) in [5.74, 6) is 1.44. The summed E-state index contributed by atoms with van der Waals surface area (Å²) in [4.78, 5) is 0. The molecule has 0 amide bonds. The lowest BCUT2D eigenvalue weighted by Gasteiger charge is -2.36. The third kappa shape index (κ3) is 3.47. The Kier molecular flexibility index (Phi) is 4.61. The second kappa shape index (κ2) is 6.21. The van der Waals surface area contributed by atoms with Gasteiger partial charge >= 0.3 is 0 Å². The minimum Gasteiger partial charge on any atom is -0.468 e. The first kappa shape index (κ1) is 13.4. The number of furan rings is 1. The zero-order chi connectivity index (χ0) is 13.0. The molecule has 0 radical (unpaired) electrons. The lowest BCUT2D eigenvalue weighted by Crippen LogP contribution is -2.41. The van der Waals surface area contributed by atoms with E-state index in [-0.39, 0.29) is 6.10 Å². The van der Waals surface area contributed by atoms with Crippen molar-refractivity contribution in [3.63, 3.8) is 0 Å². The van der Waals surface area contributed by atoms with Gasteiger partial charge < -0.3 is 14.5 Å². The van der Waals surface area contributed by atoms with E-state index in [0.29, 0.717) is 12.0 Å². The molecule has 18 heavy (non-hydrogen) atoms. The highest BCUT2D eigenvalue weighted by atomic mass is 16.5. The number of hydrogen-bond acceptors (Lipinski definition) is 3. The van der Waals surface area contributed by atoms with Crippen molar-refractivity contribution in [1.82, 2.24) is 5.32 Å². The standard InChI is InChI=1S/C15H23NO2/c1-11(2)14-7-6-12(3)18-15(14)10-16-9-13-5-4-8-17-13/h4-5,8,12,14-16H,1,6-7,9-10H2,2-3H3/t12-,14+,15+/m1/s1. The predicted octanol–water partition coefficient (Wildman–Crippen LogP) is 3.13. The highest BCUT2D eigenvalue weighted by Gasteiger charge is 2.29. The van der Waals surface area contributed by atoms with E-state index >= 15 is 0 Å². The normalized spacial score (nSPS) is 28.2. The highest BCUT2D eigenvalue weighted by molar-refractivity contribution is 5.03. The van der Waals surface area contributed by atoms with Crippen LogP contribution >= 0.6 is 0 Å². The summed E-state index contributed by atoms with van der Waals surface area (Å²) in [6.07, 6.45) is 4.61. The van der Waals surface area contributed by atoms with E-state index in [4.69, 9.17) is 9.15 Å². The zero-order valence-electron chi connectivity index (χ0n) is 11.3. The molecule has 3 atom stereocenters. The molecule has 0 aliphatic carbocycles. The number of hydrogen-bond donors (Lipinski definition) is 1. The number of ether oxygens (including phenoxy) is 1. The minimum atomic E-state index is 0.237. The molecule has 1 N–H and O–H groups in total. The first-order valence-electron chi connectivity index (χ1n) is 6.70. The van der Waals surface area contributed by atoms with Gasteiger partial charge in [-0.15, -0.1) is 0 Å². The largest absolute Gasteiger partial charge is 0.468 e. The molecule has 1 fully saturated rings. The first-order chi connectivity index (χ1) is 8.66. The Hall–Kier alpha value is -1.06. The average molecular weight is 249 g/mol. The molecule has 2 heterocycles. The molecule has 1 saturated heterocycles. The molecule has 2 rings (SSSR count). The van der Waals surface area contributed by atoms with Gasteiger partial charge in [-0.3, -0.25) is 0 Å². The van der Waals surface area contributed by atoms with Crippen molar-refractivity contribution in [2.45, 2.75) is 45.4 Å². The van der Waals surface area contributed by atoms with E-state index < -0.39 is 0 Å². The molecule has 1 aliphatic rings. The highest BCUT2D eigenvalue weighted by Crippen LogP contribution is 2.29. The summed E-state index contributed by atoms with van der Waals surface area (Å²) in [6.45, 7) is 9.94. The minimum absolute atomic E-state index is 0.237. The molecule has 1 aromatic heterocycles. The van der Waals surface area contributed by atoms with E-state index in [1.165, 1.54) is 12.0 Å². The van der Waals surface area contributed by atoms with Gasteiger partial charge in [-0.25, -0.2) is 0 Å². The quantitative estimate of drug-likeness (QED) is 0.814. The van der Waals surface area contributed by atoms with Crippen molar-refractivity contribution < 1.29 is 9.15 Å². The summed E-state index contributed by atoms with van der Waals surface area (Å²) >= 11 is 0. The third-order valence-corrected chi connectivity index (χ3v) is 3.60. The molecule has 0 unspecified atom stereocenters. The lowest BCUT2D eigenvalue weighted by atomic mass is 9.87.